The van der Waals surface area contributed by atoms with Gasteiger partial charge in [0.05, 0.1) is 12.1 Å². The first kappa shape index (κ1) is 16.6. The largest absolute Gasteiger partial charge is 0.336 e. The van der Waals surface area contributed by atoms with Crippen molar-refractivity contribution >= 4 is 23.2 Å². The maximum absolute atomic E-state index is 13.6. The molecule has 3 aromatic rings. The number of anilines is 3. The lowest BCUT2D eigenvalue weighted by Gasteiger charge is -2.08. The molecule has 1 aromatic heterocycles. The maximum atomic E-state index is 13.6. The highest BCUT2D eigenvalue weighted by Crippen LogP contribution is 2.18. The molecule has 3 rings (SSSR count). The van der Waals surface area contributed by atoms with Gasteiger partial charge in [-0.25, -0.2) is 4.39 Å². The number of hydrogen-bond acceptors (Lipinski definition) is 4. The Morgan fingerprint density at radius 3 is 2.36 bits per heavy atom. The topological polar surface area (TPSA) is 66.9 Å². The lowest BCUT2D eigenvalue weighted by Crippen LogP contribution is -2.16. The van der Waals surface area contributed by atoms with Gasteiger partial charge in [-0.1, -0.05) is 36.4 Å². The molecule has 0 bridgehead atoms. The number of nitrogens with zero attached hydrogens (tertiary/aromatic N) is 2. The Hall–Kier alpha value is -3.28. The van der Waals surface area contributed by atoms with Crippen LogP contribution < -0.4 is 10.6 Å². The number of aryl methyl sites for hydroxylation is 1. The van der Waals surface area contributed by atoms with E-state index >= 15 is 0 Å². The van der Waals surface area contributed by atoms with Crippen LogP contribution in [0, 0.1) is 12.7 Å². The first-order valence-electron chi connectivity index (χ1n) is 7.81. The average Bonchev–Trinajstić information content (AvgIpc) is 2.61. The molecule has 6 heteroatoms. The number of halogens is 1. The molecule has 126 valence electrons. The number of rotatable bonds is 5. The molecule has 0 atom stereocenters. The number of aromatic nitrogens is 2. The van der Waals surface area contributed by atoms with E-state index in [1.54, 1.807) is 30.3 Å². The molecule has 0 unspecified atom stereocenters. The second kappa shape index (κ2) is 7.53. The van der Waals surface area contributed by atoms with Crippen LogP contribution in [0.15, 0.2) is 60.7 Å². The number of para-hydroxylation sites is 1. The number of carbonyl (C=O) groups excluding carboxylic acids is 1. The molecule has 0 fully saturated rings. The van der Waals surface area contributed by atoms with E-state index in [0.29, 0.717) is 17.3 Å². The van der Waals surface area contributed by atoms with Gasteiger partial charge < -0.3 is 10.6 Å². The van der Waals surface area contributed by atoms with Crippen molar-refractivity contribution in [2.75, 3.05) is 10.6 Å². The second-order valence-electron chi connectivity index (χ2n) is 5.56. The number of nitrogens with one attached hydrogen (secondary N) is 2. The number of amides is 1. The molecule has 0 saturated carbocycles. The summed E-state index contributed by atoms with van der Waals surface area (Å²) in [5.41, 5.74) is 2.34. The van der Waals surface area contributed by atoms with Crippen LogP contribution in [-0.4, -0.2) is 16.1 Å². The minimum Gasteiger partial charge on any atom is -0.336 e. The summed E-state index contributed by atoms with van der Waals surface area (Å²) in [5, 5.41) is 13.4. The highest BCUT2D eigenvalue weighted by molar-refractivity contribution is 5.91. The van der Waals surface area contributed by atoms with Crippen molar-refractivity contribution in [1.82, 2.24) is 10.2 Å². The van der Waals surface area contributed by atoms with E-state index < -0.39 is 0 Å². The fourth-order valence-corrected chi connectivity index (χ4v) is 2.33. The molecule has 0 aliphatic heterocycles. The van der Waals surface area contributed by atoms with E-state index in [-0.39, 0.29) is 18.1 Å². The molecule has 0 radical (unpaired) electrons. The van der Waals surface area contributed by atoms with Crippen molar-refractivity contribution in [2.24, 2.45) is 0 Å². The zero-order valence-electron chi connectivity index (χ0n) is 13.7. The summed E-state index contributed by atoms with van der Waals surface area (Å²) < 4.78 is 13.6. The molecule has 0 spiro atoms. The molecule has 0 saturated heterocycles. The Labute approximate surface area is 144 Å². The molecular weight excluding hydrogens is 319 g/mol. The molecule has 2 N–H and O–H groups in total. The van der Waals surface area contributed by atoms with Gasteiger partial charge in [-0.2, -0.15) is 0 Å². The van der Waals surface area contributed by atoms with Gasteiger partial charge in [-0.3, -0.25) is 4.79 Å². The van der Waals surface area contributed by atoms with Crippen molar-refractivity contribution in [1.29, 1.82) is 0 Å². The Morgan fingerprint density at radius 1 is 0.960 bits per heavy atom. The monoisotopic (exact) mass is 336 g/mol. The summed E-state index contributed by atoms with van der Waals surface area (Å²) >= 11 is 0. The van der Waals surface area contributed by atoms with Gasteiger partial charge in [0, 0.05) is 0 Å². The van der Waals surface area contributed by atoms with E-state index in [2.05, 4.69) is 20.8 Å². The minimum atomic E-state index is -0.375. The normalized spacial score (nSPS) is 10.3. The third-order valence-corrected chi connectivity index (χ3v) is 3.68. The highest BCUT2D eigenvalue weighted by Gasteiger charge is 2.08. The lowest BCUT2D eigenvalue weighted by molar-refractivity contribution is -0.115. The Morgan fingerprint density at radius 2 is 1.64 bits per heavy atom. The van der Waals surface area contributed by atoms with Gasteiger partial charge >= 0.3 is 0 Å². The second-order valence-corrected chi connectivity index (χ2v) is 5.56. The Bertz CT molecular complexity index is 881. The molecular formula is C19H17FN4O. The van der Waals surface area contributed by atoms with Gasteiger partial charge in [0.2, 0.25) is 5.91 Å². The van der Waals surface area contributed by atoms with Gasteiger partial charge in [0.15, 0.2) is 11.6 Å². The predicted octanol–water partition coefficient (Wildman–Crippen LogP) is 3.85. The van der Waals surface area contributed by atoms with Crippen LogP contribution in [0.2, 0.25) is 0 Å². The molecule has 0 aliphatic carbocycles. The molecule has 25 heavy (non-hydrogen) atoms. The number of hydrogen-bond donors (Lipinski definition) is 2. The zero-order chi connectivity index (χ0) is 17.6. The van der Waals surface area contributed by atoms with Gasteiger partial charge in [0.1, 0.15) is 5.82 Å². The van der Waals surface area contributed by atoms with E-state index in [1.807, 2.05) is 31.2 Å². The van der Waals surface area contributed by atoms with E-state index in [1.165, 1.54) is 6.07 Å². The average molecular weight is 336 g/mol. The minimum absolute atomic E-state index is 0.168. The standard InChI is InChI=1S/C19H17FN4O/c1-13-6-2-3-7-14(13)12-19(25)22-18-11-10-17(23-24-18)21-16-9-5-4-8-15(16)20/h2-11H,12H2,1H3,(H,21,23)(H,22,24,25). The van der Waals surface area contributed by atoms with Crippen LogP contribution >= 0.6 is 0 Å². The summed E-state index contributed by atoms with van der Waals surface area (Å²) in [6, 6.07) is 17.3. The molecule has 5 nitrogen and oxygen atoms in total. The lowest BCUT2D eigenvalue weighted by atomic mass is 10.1. The quantitative estimate of drug-likeness (QED) is 0.743. The Kier molecular flexibility index (Phi) is 4.99. The van der Waals surface area contributed by atoms with Gasteiger partial charge in [-0.05, 0) is 42.3 Å². The summed E-state index contributed by atoms with van der Waals surface area (Å²) in [6.45, 7) is 1.96. The molecule has 1 heterocycles. The van der Waals surface area contributed by atoms with Crippen LogP contribution in [-0.2, 0) is 11.2 Å². The van der Waals surface area contributed by atoms with Gasteiger partial charge in [0.25, 0.3) is 0 Å². The van der Waals surface area contributed by atoms with Gasteiger partial charge in [-0.15, -0.1) is 10.2 Å². The van der Waals surface area contributed by atoms with Crippen molar-refractivity contribution < 1.29 is 9.18 Å². The third-order valence-electron chi connectivity index (χ3n) is 3.68. The first-order valence-corrected chi connectivity index (χ1v) is 7.81. The summed E-state index contributed by atoms with van der Waals surface area (Å²) in [6.07, 6.45) is 0.267. The van der Waals surface area contributed by atoms with Crippen LogP contribution in [0.3, 0.4) is 0 Å². The summed E-state index contributed by atoms with van der Waals surface area (Å²) in [5.74, 6) is 0.193. The highest BCUT2D eigenvalue weighted by atomic mass is 19.1. The van der Waals surface area contributed by atoms with E-state index in [4.69, 9.17) is 0 Å². The SMILES string of the molecule is Cc1ccccc1CC(=O)Nc1ccc(Nc2ccccc2F)nn1. The van der Waals surface area contributed by atoms with Crippen molar-refractivity contribution in [3.8, 4) is 0 Å². The fourth-order valence-electron chi connectivity index (χ4n) is 2.33. The summed E-state index contributed by atoms with van der Waals surface area (Å²) in [7, 11) is 0. The van der Waals surface area contributed by atoms with E-state index in [9.17, 15) is 9.18 Å². The first-order chi connectivity index (χ1) is 12.1. The molecule has 2 aromatic carbocycles. The number of carbonyl (C=O) groups is 1. The number of benzene rings is 2. The van der Waals surface area contributed by atoms with Crippen LogP contribution in [0.4, 0.5) is 21.7 Å². The fraction of sp³-hybridized carbons (Fsp3) is 0.105. The van der Waals surface area contributed by atoms with Crippen molar-refractivity contribution in [3.63, 3.8) is 0 Å². The smallest absolute Gasteiger partial charge is 0.230 e. The van der Waals surface area contributed by atoms with Crippen molar-refractivity contribution in [2.45, 2.75) is 13.3 Å². The Balaban J connectivity index is 1.62. The zero-order valence-corrected chi connectivity index (χ0v) is 13.7. The van der Waals surface area contributed by atoms with Crippen LogP contribution in [0.25, 0.3) is 0 Å². The van der Waals surface area contributed by atoms with Crippen LogP contribution in [0.1, 0.15) is 11.1 Å². The van der Waals surface area contributed by atoms with E-state index in [0.717, 1.165) is 11.1 Å². The third kappa shape index (κ3) is 4.38. The maximum Gasteiger partial charge on any atom is 0.230 e. The predicted molar refractivity (Wildman–Crippen MR) is 95.2 cm³/mol. The van der Waals surface area contributed by atoms with Crippen molar-refractivity contribution in [3.05, 3.63) is 77.6 Å². The molecule has 0 aliphatic rings. The van der Waals surface area contributed by atoms with Crippen LogP contribution in [0.5, 0.6) is 0 Å². The molecule has 1 amide bonds. The summed E-state index contributed by atoms with van der Waals surface area (Å²) in [4.78, 5) is 12.1.